The molecule has 0 bridgehead atoms. The summed E-state index contributed by atoms with van der Waals surface area (Å²) in [6, 6.07) is 9.75. The summed E-state index contributed by atoms with van der Waals surface area (Å²) in [5, 5.41) is 8.03. The Morgan fingerprint density at radius 3 is 2.62 bits per heavy atom. The van der Waals surface area contributed by atoms with Crippen molar-refractivity contribution in [2.75, 3.05) is 18.9 Å². The Labute approximate surface area is 126 Å². The molecular weight excluding hydrogens is 262 g/mol. The van der Waals surface area contributed by atoms with Crippen LogP contribution in [0.5, 0.6) is 0 Å². The number of rotatable bonds is 4. The van der Waals surface area contributed by atoms with E-state index in [4.69, 9.17) is 0 Å². The van der Waals surface area contributed by atoms with Crippen molar-refractivity contribution in [2.24, 2.45) is 5.41 Å². The molecule has 1 aromatic carbocycles. The third-order valence-corrected chi connectivity index (χ3v) is 3.37. The fourth-order valence-electron chi connectivity index (χ4n) is 2.15. The van der Waals surface area contributed by atoms with Gasteiger partial charge in [-0.2, -0.15) is 0 Å². The molecule has 1 aromatic heterocycles. The molecule has 0 radical (unpaired) electrons. The van der Waals surface area contributed by atoms with Crippen molar-refractivity contribution in [2.45, 2.75) is 27.2 Å². The van der Waals surface area contributed by atoms with Gasteiger partial charge >= 0.3 is 0 Å². The van der Waals surface area contributed by atoms with Crippen LogP contribution < -0.4 is 10.6 Å². The molecule has 0 spiro atoms. The molecule has 0 saturated heterocycles. The number of nitrogens with zero attached hydrogens (tertiary/aromatic N) is 1. The van der Waals surface area contributed by atoms with E-state index in [1.807, 2.05) is 37.4 Å². The lowest BCUT2D eigenvalue weighted by molar-refractivity contribution is 0.0945. The normalized spacial score (nSPS) is 11.4. The monoisotopic (exact) mass is 285 g/mol. The number of carbonyl (C=O) groups is 1. The maximum Gasteiger partial charge on any atom is 0.269 e. The second-order valence-corrected chi connectivity index (χ2v) is 6.39. The first-order valence-electron chi connectivity index (χ1n) is 7.26. The molecular formula is C17H23N3O. The Kier molecular flexibility index (Phi) is 4.46. The number of pyridine rings is 1. The molecule has 1 heterocycles. The molecule has 1 amide bonds. The third kappa shape index (κ3) is 3.94. The van der Waals surface area contributed by atoms with Gasteiger partial charge in [0.1, 0.15) is 11.5 Å². The van der Waals surface area contributed by atoms with Gasteiger partial charge in [0.2, 0.25) is 0 Å². The van der Waals surface area contributed by atoms with E-state index in [0.717, 1.165) is 23.0 Å². The maximum absolute atomic E-state index is 12.2. The molecule has 112 valence electrons. The van der Waals surface area contributed by atoms with Crippen molar-refractivity contribution in [1.29, 1.82) is 0 Å². The van der Waals surface area contributed by atoms with E-state index in [2.05, 4.69) is 36.4 Å². The summed E-state index contributed by atoms with van der Waals surface area (Å²) >= 11 is 0. The van der Waals surface area contributed by atoms with Gasteiger partial charge in [0.15, 0.2) is 0 Å². The Bertz CT molecular complexity index is 644. The van der Waals surface area contributed by atoms with E-state index in [9.17, 15) is 4.79 Å². The third-order valence-electron chi connectivity index (χ3n) is 3.37. The molecule has 2 aromatic rings. The van der Waals surface area contributed by atoms with Crippen molar-refractivity contribution >= 4 is 22.5 Å². The van der Waals surface area contributed by atoms with Gasteiger partial charge in [0, 0.05) is 19.0 Å². The van der Waals surface area contributed by atoms with Gasteiger partial charge in [-0.1, -0.05) is 45.0 Å². The van der Waals surface area contributed by atoms with Crippen LogP contribution in [0.25, 0.3) is 10.8 Å². The van der Waals surface area contributed by atoms with E-state index < -0.39 is 0 Å². The first kappa shape index (κ1) is 15.3. The smallest absolute Gasteiger partial charge is 0.269 e. The largest absolute Gasteiger partial charge is 0.373 e. The predicted molar refractivity (Wildman–Crippen MR) is 87.7 cm³/mol. The minimum absolute atomic E-state index is 0.124. The predicted octanol–water partition coefficient (Wildman–Crippen LogP) is 3.44. The van der Waals surface area contributed by atoms with Crippen molar-refractivity contribution in [3.8, 4) is 0 Å². The lowest BCUT2D eigenvalue weighted by atomic mass is 9.92. The van der Waals surface area contributed by atoms with Crippen LogP contribution in [0.15, 0.2) is 30.3 Å². The first-order chi connectivity index (χ1) is 9.90. The quantitative estimate of drug-likeness (QED) is 0.904. The van der Waals surface area contributed by atoms with Gasteiger partial charge < -0.3 is 10.6 Å². The molecule has 21 heavy (non-hydrogen) atoms. The average molecular weight is 285 g/mol. The van der Waals surface area contributed by atoms with Crippen LogP contribution in [0.1, 0.15) is 37.7 Å². The first-order valence-corrected chi connectivity index (χ1v) is 7.26. The molecule has 0 fully saturated rings. The topological polar surface area (TPSA) is 54.0 Å². The average Bonchev–Trinajstić information content (AvgIpc) is 2.44. The number of benzene rings is 1. The van der Waals surface area contributed by atoms with Crippen LogP contribution in [-0.2, 0) is 0 Å². The second-order valence-electron chi connectivity index (χ2n) is 6.39. The zero-order valence-corrected chi connectivity index (χ0v) is 13.2. The van der Waals surface area contributed by atoms with E-state index >= 15 is 0 Å². The fourth-order valence-corrected chi connectivity index (χ4v) is 2.15. The molecule has 0 atom stereocenters. The van der Waals surface area contributed by atoms with Crippen LogP contribution in [0.3, 0.4) is 0 Å². The minimum atomic E-state index is -0.124. The van der Waals surface area contributed by atoms with Gasteiger partial charge in [-0.3, -0.25) is 4.79 Å². The van der Waals surface area contributed by atoms with Crippen LogP contribution in [0, 0.1) is 5.41 Å². The van der Waals surface area contributed by atoms with Crippen molar-refractivity contribution in [3.63, 3.8) is 0 Å². The fraction of sp³-hybridized carbons (Fsp3) is 0.412. The van der Waals surface area contributed by atoms with Crippen LogP contribution in [0.2, 0.25) is 0 Å². The zero-order valence-electron chi connectivity index (χ0n) is 13.2. The Morgan fingerprint density at radius 1 is 1.24 bits per heavy atom. The molecule has 2 rings (SSSR count). The van der Waals surface area contributed by atoms with Gasteiger partial charge in [-0.25, -0.2) is 4.98 Å². The van der Waals surface area contributed by atoms with Crippen LogP contribution in [0.4, 0.5) is 5.82 Å². The molecule has 0 saturated carbocycles. The number of hydrogen-bond acceptors (Lipinski definition) is 3. The highest BCUT2D eigenvalue weighted by Gasteiger charge is 2.13. The van der Waals surface area contributed by atoms with E-state index in [-0.39, 0.29) is 11.3 Å². The lowest BCUT2D eigenvalue weighted by Gasteiger charge is -2.18. The van der Waals surface area contributed by atoms with E-state index in [0.29, 0.717) is 12.2 Å². The van der Waals surface area contributed by atoms with Crippen molar-refractivity contribution in [1.82, 2.24) is 10.3 Å². The summed E-state index contributed by atoms with van der Waals surface area (Å²) in [6.45, 7) is 7.14. The zero-order chi connectivity index (χ0) is 15.5. The number of aromatic nitrogens is 1. The Morgan fingerprint density at radius 2 is 1.95 bits per heavy atom. The number of amides is 1. The number of nitrogens with one attached hydrogen (secondary N) is 2. The number of hydrogen-bond donors (Lipinski definition) is 2. The molecule has 2 N–H and O–H groups in total. The summed E-state index contributed by atoms with van der Waals surface area (Å²) in [6.07, 6.45) is 0.936. The summed E-state index contributed by atoms with van der Waals surface area (Å²) in [5.74, 6) is 0.607. The number of carbonyl (C=O) groups excluding carboxylic acids is 1. The van der Waals surface area contributed by atoms with Crippen LogP contribution in [-0.4, -0.2) is 24.5 Å². The highest BCUT2D eigenvalue weighted by molar-refractivity contribution is 6.00. The van der Waals surface area contributed by atoms with Gasteiger partial charge in [-0.05, 0) is 23.3 Å². The summed E-state index contributed by atoms with van der Waals surface area (Å²) in [4.78, 5) is 16.7. The van der Waals surface area contributed by atoms with E-state index in [1.165, 1.54) is 0 Å². The van der Waals surface area contributed by atoms with Crippen molar-refractivity contribution < 1.29 is 4.79 Å². The van der Waals surface area contributed by atoms with Crippen molar-refractivity contribution in [3.05, 3.63) is 36.0 Å². The number of fused-ring (bicyclic) bond motifs is 1. The lowest BCUT2D eigenvalue weighted by Crippen LogP contribution is -2.28. The SMILES string of the molecule is CNc1nc(C(=O)NCCC(C)(C)C)cc2ccccc12. The van der Waals surface area contributed by atoms with Gasteiger partial charge in [0.05, 0.1) is 0 Å². The summed E-state index contributed by atoms with van der Waals surface area (Å²) < 4.78 is 0. The maximum atomic E-state index is 12.2. The van der Waals surface area contributed by atoms with Gasteiger partial charge in [0.25, 0.3) is 5.91 Å². The van der Waals surface area contributed by atoms with E-state index in [1.54, 1.807) is 0 Å². The minimum Gasteiger partial charge on any atom is -0.373 e. The van der Waals surface area contributed by atoms with Crippen LogP contribution >= 0.6 is 0 Å². The second kappa shape index (κ2) is 6.12. The number of anilines is 1. The Hall–Kier alpha value is -2.10. The standard InChI is InChI=1S/C17H23N3O/c1-17(2,3)9-10-19-16(21)14-11-12-7-5-6-8-13(12)15(18-4)20-14/h5-8,11H,9-10H2,1-4H3,(H,18,20)(H,19,21). The van der Waals surface area contributed by atoms with Gasteiger partial charge in [-0.15, -0.1) is 0 Å². The molecule has 4 heteroatoms. The summed E-state index contributed by atoms with van der Waals surface area (Å²) in [7, 11) is 1.82. The summed E-state index contributed by atoms with van der Waals surface area (Å²) in [5.41, 5.74) is 0.659. The Balaban J connectivity index is 2.20. The molecule has 0 aliphatic rings. The highest BCUT2D eigenvalue weighted by Crippen LogP contribution is 2.22. The molecule has 0 aliphatic carbocycles. The molecule has 0 unspecified atom stereocenters. The molecule has 4 nitrogen and oxygen atoms in total. The molecule has 0 aliphatic heterocycles. The highest BCUT2D eigenvalue weighted by atomic mass is 16.1.